The second-order valence-corrected chi connectivity index (χ2v) is 4.81. The molecule has 0 fully saturated rings. The summed E-state index contributed by atoms with van der Waals surface area (Å²) in [6.07, 6.45) is -0.644. The summed E-state index contributed by atoms with van der Waals surface area (Å²) in [5.41, 5.74) is 1.77. The lowest BCUT2D eigenvalue weighted by atomic mass is 10.1. The number of carbonyl (C=O) groups excluding carboxylic acids is 1. The third-order valence-corrected chi connectivity index (χ3v) is 3.29. The topological polar surface area (TPSA) is 84.9 Å². The first kappa shape index (κ1) is 16.4. The van der Waals surface area contributed by atoms with Crippen LogP contribution in [0.3, 0.4) is 0 Å². The molecule has 0 radical (unpaired) electrons. The minimum absolute atomic E-state index is 0.116. The zero-order valence-corrected chi connectivity index (χ0v) is 12.8. The summed E-state index contributed by atoms with van der Waals surface area (Å²) in [5.74, 6) is -0.763. The summed E-state index contributed by atoms with van der Waals surface area (Å²) >= 11 is 0. The quantitative estimate of drug-likeness (QED) is 0.882. The average molecular weight is 315 g/mol. The molecule has 0 aromatic heterocycles. The van der Waals surface area contributed by atoms with E-state index in [0.717, 1.165) is 5.56 Å². The second-order valence-electron chi connectivity index (χ2n) is 4.81. The molecule has 0 heterocycles. The molecule has 1 amide bonds. The van der Waals surface area contributed by atoms with Gasteiger partial charge < -0.3 is 14.6 Å². The second kappa shape index (κ2) is 7.31. The highest BCUT2D eigenvalue weighted by Crippen LogP contribution is 2.31. The molecule has 0 spiro atoms. The lowest BCUT2D eigenvalue weighted by Gasteiger charge is -2.14. The zero-order chi connectivity index (χ0) is 16.8. The molecule has 0 saturated heterocycles. The summed E-state index contributed by atoms with van der Waals surface area (Å²) < 4.78 is 10.3. The average Bonchev–Trinajstić information content (AvgIpc) is 2.54. The molecule has 120 valence electrons. The lowest BCUT2D eigenvalue weighted by molar-refractivity contribution is 0.0695. The Morgan fingerprint density at radius 1 is 1.13 bits per heavy atom. The zero-order valence-electron chi connectivity index (χ0n) is 12.8. The largest absolute Gasteiger partial charge is 0.494 e. The van der Waals surface area contributed by atoms with Crippen molar-refractivity contribution in [1.29, 1.82) is 0 Å². The van der Waals surface area contributed by atoms with Gasteiger partial charge in [-0.3, -0.25) is 5.32 Å². The van der Waals surface area contributed by atoms with Gasteiger partial charge in [0.1, 0.15) is 12.4 Å². The van der Waals surface area contributed by atoms with Gasteiger partial charge in [-0.25, -0.2) is 9.59 Å². The minimum Gasteiger partial charge on any atom is -0.494 e. The van der Waals surface area contributed by atoms with Gasteiger partial charge in [-0.15, -0.1) is 0 Å². The molecule has 2 rings (SSSR count). The number of ether oxygens (including phenoxy) is 2. The van der Waals surface area contributed by atoms with E-state index in [1.54, 1.807) is 6.92 Å². The van der Waals surface area contributed by atoms with Crippen LogP contribution in [0.15, 0.2) is 42.5 Å². The van der Waals surface area contributed by atoms with Crippen LogP contribution in [-0.4, -0.2) is 24.3 Å². The molecule has 2 aromatic rings. The van der Waals surface area contributed by atoms with Crippen LogP contribution in [0.2, 0.25) is 0 Å². The Kier molecular flexibility index (Phi) is 5.19. The van der Waals surface area contributed by atoms with Crippen molar-refractivity contribution in [3.8, 4) is 5.75 Å². The number of hydrogen-bond acceptors (Lipinski definition) is 4. The first-order valence-corrected chi connectivity index (χ1v) is 6.91. The van der Waals surface area contributed by atoms with E-state index < -0.39 is 12.1 Å². The number of carbonyl (C=O) groups is 2. The van der Waals surface area contributed by atoms with Crippen LogP contribution in [0.4, 0.5) is 10.5 Å². The van der Waals surface area contributed by atoms with Crippen molar-refractivity contribution in [2.75, 3.05) is 12.4 Å². The molecule has 0 saturated carbocycles. The SMILES string of the molecule is COc1c(NC(=O)OCc2ccccc2)ccc(C(=O)O)c1C. The van der Waals surface area contributed by atoms with Crippen LogP contribution in [-0.2, 0) is 11.3 Å². The van der Waals surface area contributed by atoms with E-state index in [2.05, 4.69) is 5.32 Å². The highest BCUT2D eigenvalue weighted by molar-refractivity contribution is 5.94. The van der Waals surface area contributed by atoms with Crippen LogP contribution in [0.5, 0.6) is 5.75 Å². The fourth-order valence-corrected chi connectivity index (χ4v) is 2.15. The van der Waals surface area contributed by atoms with Crippen molar-refractivity contribution in [3.05, 3.63) is 59.2 Å². The molecule has 0 unspecified atom stereocenters. The molecule has 2 aromatic carbocycles. The van der Waals surface area contributed by atoms with Crippen LogP contribution in [0, 0.1) is 6.92 Å². The molecule has 0 bridgehead atoms. The third kappa shape index (κ3) is 4.00. The fourth-order valence-electron chi connectivity index (χ4n) is 2.15. The molecule has 0 aliphatic rings. The first-order valence-electron chi connectivity index (χ1n) is 6.91. The minimum atomic E-state index is -1.06. The number of amides is 1. The number of nitrogens with one attached hydrogen (secondary N) is 1. The first-order chi connectivity index (χ1) is 11.0. The van der Waals surface area contributed by atoms with Crippen LogP contribution in [0.1, 0.15) is 21.5 Å². The Labute approximate surface area is 133 Å². The van der Waals surface area contributed by atoms with E-state index in [0.29, 0.717) is 17.0 Å². The van der Waals surface area contributed by atoms with Gasteiger partial charge in [0.2, 0.25) is 0 Å². The van der Waals surface area contributed by atoms with Crippen molar-refractivity contribution in [1.82, 2.24) is 0 Å². The monoisotopic (exact) mass is 315 g/mol. The van der Waals surface area contributed by atoms with Crippen LogP contribution in [0.25, 0.3) is 0 Å². The van der Waals surface area contributed by atoms with Crippen molar-refractivity contribution in [3.63, 3.8) is 0 Å². The predicted molar refractivity (Wildman–Crippen MR) is 84.9 cm³/mol. The maximum absolute atomic E-state index is 11.9. The van der Waals surface area contributed by atoms with Crippen molar-refractivity contribution >= 4 is 17.7 Å². The van der Waals surface area contributed by atoms with Crippen LogP contribution < -0.4 is 10.1 Å². The normalized spacial score (nSPS) is 10.0. The number of carboxylic acid groups (broad SMARTS) is 1. The summed E-state index contributed by atoms with van der Waals surface area (Å²) in [6, 6.07) is 12.2. The van der Waals surface area contributed by atoms with Gasteiger partial charge in [0.25, 0.3) is 0 Å². The van der Waals surface area contributed by atoms with Gasteiger partial charge in [-0.1, -0.05) is 30.3 Å². The summed E-state index contributed by atoms with van der Waals surface area (Å²) in [4.78, 5) is 23.0. The predicted octanol–water partition coefficient (Wildman–Crippen LogP) is 3.45. The van der Waals surface area contributed by atoms with E-state index in [9.17, 15) is 9.59 Å². The van der Waals surface area contributed by atoms with Crippen molar-refractivity contribution in [2.45, 2.75) is 13.5 Å². The molecule has 0 atom stereocenters. The summed E-state index contributed by atoms with van der Waals surface area (Å²) in [6.45, 7) is 1.75. The van der Waals surface area contributed by atoms with E-state index in [1.165, 1.54) is 19.2 Å². The number of anilines is 1. The maximum atomic E-state index is 11.9. The van der Waals surface area contributed by atoms with Gasteiger partial charge in [-0.05, 0) is 24.6 Å². The molecule has 2 N–H and O–H groups in total. The number of methoxy groups -OCH3 is 1. The summed E-state index contributed by atoms with van der Waals surface area (Å²) in [7, 11) is 1.41. The number of hydrogen-bond donors (Lipinski definition) is 2. The van der Waals surface area contributed by atoms with Gasteiger partial charge >= 0.3 is 12.1 Å². The molecule has 0 aliphatic carbocycles. The highest BCUT2D eigenvalue weighted by Gasteiger charge is 2.16. The van der Waals surface area contributed by atoms with Gasteiger partial charge in [0.15, 0.2) is 0 Å². The van der Waals surface area contributed by atoms with Gasteiger partial charge in [-0.2, -0.15) is 0 Å². The molecular formula is C17H17NO5. The Balaban J connectivity index is 2.08. The Hall–Kier alpha value is -3.02. The smallest absolute Gasteiger partial charge is 0.412 e. The fraction of sp³-hybridized carbons (Fsp3) is 0.176. The van der Waals surface area contributed by atoms with Crippen molar-refractivity contribution in [2.24, 2.45) is 0 Å². The molecule has 23 heavy (non-hydrogen) atoms. The lowest BCUT2D eigenvalue weighted by Crippen LogP contribution is -2.15. The Morgan fingerprint density at radius 3 is 2.43 bits per heavy atom. The standard InChI is InChI=1S/C17H17NO5/c1-11-13(16(19)20)8-9-14(15(11)22-2)18-17(21)23-10-12-6-4-3-5-7-12/h3-9H,10H2,1-2H3,(H,18,21)(H,19,20). The summed E-state index contributed by atoms with van der Waals surface area (Å²) in [5, 5.41) is 11.7. The van der Waals surface area contributed by atoms with E-state index in [4.69, 9.17) is 14.6 Å². The Bertz CT molecular complexity index is 712. The number of aromatic carboxylic acids is 1. The number of carboxylic acids is 1. The molecule has 6 heteroatoms. The number of rotatable bonds is 5. The molecular weight excluding hydrogens is 298 g/mol. The van der Waals surface area contributed by atoms with E-state index in [-0.39, 0.29) is 12.2 Å². The molecule has 6 nitrogen and oxygen atoms in total. The highest BCUT2D eigenvalue weighted by atomic mass is 16.5. The number of benzene rings is 2. The molecule has 0 aliphatic heterocycles. The van der Waals surface area contributed by atoms with E-state index >= 15 is 0 Å². The van der Waals surface area contributed by atoms with Crippen molar-refractivity contribution < 1.29 is 24.2 Å². The Morgan fingerprint density at radius 2 is 1.83 bits per heavy atom. The third-order valence-electron chi connectivity index (χ3n) is 3.29. The maximum Gasteiger partial charge on any atom is 0.412 e. The van der Waals surface area contributed by atoms with Gasteiger partial charge in [0, 0.05) is 5.56 Å². The van der Waals surface area contributed by atoms with Crippen LogP contribution >= 0.6 is 0 Å². The van der Waals surface area contributed by atoms with Gasteiger partial charge in [0.05, 0.1) is 18.4 Å². The van der Waals surface area contributed by atoms with E-state index in [1.807, 2.05) is 30.3 Å².